The summed E-state index contributed by atoms with van der Waals surface area (Å²) in [5.41, 5.74) is 6.07. The molecule has 0 unspecified atom stereocenters. The molecule has 20 heavy (non-hydrogen) atoms. The molecule has 2 aromatic rings. The van der Waals surface area contributed by atoms with Gasteiger partial charge >= 0.3 is 0 Å². The summed E-state index contributed by atoms with van der Waals surface area (Å²) in [5.74, 6) is 0. The largest absolute Gasteiger partial charge is 0.361 e. The lowest BCUT2D eigenvalue weighted by molar-refractivity contribution is -0.00743. The summed E-state index contributed by atoms with van der Waals surface area (Å²) in [4.78, 5) is 0. The van der Waals surface area contributed by atoms with Gasteiger partial charge in [0.1, 0.15) is 5.60 Å². The third kappa shape index (κ3) is 1.41. The molecular formula is C19H16O. The van der Waals surface area contributed by atoms with E-state index >= 15 is 0 Å². The van der Waals surface area contributed by atoms with E-state index in [2.05, 4.69) is 61.2 Å². The molecule has 0 saturated carbocycles. The van der Waals surface area contributed by atoms with E-state index in [0.717, 1.165) is 6.42 Å². The van der Waals surface area contributed by atoms with Gasteiger partial charge in [0.05, 0.1) is 6.61 Å². The first-order valence-electron chi connectivity index (χ1n) is 7.00. The van der Waals surface area contributed by atoms with Gasteiger partial charge < -0.3 is 4.74 Å². The van der Waals surface area contributed by atoms with Gasteiger partial charge in [-0.2, -0.15) is 0 Å². The SMILES string of the molecule is C=CC1=CCC2(OC1)c1ccccc1-c1ccccc12. The van der Waals surface area contributed by atoms with Gasteiger partial charge in [0, 0.05) is 6.42 Å². The molecule has 2 aromatic carbocycles. The van der Waals surface area contributed by atoms with E-state index in [1.165, 1.54) is 27.8 Å². The van der Waals surface area contributed by atoms with Crippen LogP contribution in [0.2, 0.25) is 0 Å². The van der Waals surface area contributed by atoms with Crippen molar-refractivity contribution in [1.29, 1.82) is 0 Å². The van der Waals surface area contributed by atoms with Gasteiger partial charge in [-0.1, -0.05) is 67.3 Å². The Kier molecular flexibility index (Phi) is 2.45. The summed E-state index contributed by atoms with van der Waals surface area (Å²) >= 11 is 0. The minimum absolute atomic E-state index is 0.306. The van der Waals surface area contributed by atoms with Gasteiger partial charge in [0.25, 0.3) is 0 Å². The van der Waals surface area contributed by atoms with Crippen LogP contribution in [0.15, 0.2) is 72.8 Å². The molecule has 4 rings (SSSR count). The molecule has 98 valence electrons. The maximum absolute atomic E-state index is 6.34. The second kappa shape index (κ2) is 4.19. The topological polar surface area (TPSA) is 9.23 Å². The van der Waals surface area contributed by atoms with Crippen LogP contribution in [0.1, 0.15) is 17.5 Å². The molecule has 1 heteroatoms. The second-order valence-electron chi connectivity index (χ2n) is 5.39. The maximum atomic E-state index is 6.34. The zero-order chi connectivity index (χ0) is 13.6. The van der Waals surface area contributed by atoms with Gasteiger partial charge in [-0.25, -0.2) is 0 Å². The molecule has 1 spiro atoms. The predicted molar refractivity (Wildman–Crippen MR) is 81.5 cm³/mol. The van der Waals surface area contributed by atoms with Gasteiger partial charge in [-0.15, -0.1) is 0 Å². The Morgan fingerprint density at radius 1 is 0.950 bits per heavy atom. The van der Waals surface area contributed by atoms with Crippen molar-refractivity contribution in [3.63, 3.8) is 0 Å². The smallest absolute Gasteiger partial charge is 0.123 e. The summed E-state index contributed by atoms with van der Waals surface area (Å²) in [6.45, 7) is 4.47. The molecule has 1 aliphatic carbocycles. The minimum Gasteiger partial charge on any atom is -0.361 e. The zero-order valence-electron chi connectivity index (χ0n) is 11.3. The fraction of sp³-hybridized carbons (Fsp3) is 0.158. The highest BCUT2D eigenvalue weighted by Gasteiger charge is 2.44. The number of hydrogen-bond acceptors (Lipinski definition) is 1. The molecule has 1 nitrogen and oxygen atoms in total. The number of benzene rings is 2. The van der Waals surface area contributed by atoms with Gasteiger partial charge in [-0.3, -0.25) is 0 Å². The Bertz CT molecular complexity index is 679. The predicted octanol–water partition coefficient (Wildman–Crippen LogP) is 4.44. The molecule has 0 aromatic heterocycles. The Balaban J connectivity index is 1.97. The first-order valence-corrected chi connectivity index (χ1v) is 7.00. The van der Waals surface area contributed by atoms with Crippen LogP contribution >= 0.6 is 0 Å². The average Bonchev–Trinajstić information content (AvgIpc) is 2.80. The molecule has 0 radical (unpaired) electrons. The van der Waals surface area contributed by atoms with Crippen LogP contribution in [0.4, 0.5) is 0 Å². The van der Waals surface area contributed by atoms with Crippen molar-refractivity contribution in [1.82, 2.24) is 0 Å². The van der Waals surface area contributed by atoms with Crippen LogP contribution < -0.4 is 0 Å². The molecule has 0 N–H and O–H groups in total. The van der Waals surface area contributed by atoms with Gasteiger partial charge in [0.2, 0.25) is 0 Å². The molecule has 1 heterocycles. The normalized spacial score (nSPS) is 18.3. The molecular weight excluding hydrogens is 244 g/mol. The average molecular weight is 260 g/mol. The van der Waals surface area contributed by atoms with E-state index in [4.69, 9.17) is 4.74 Å². The number of hydrogen-bond donors (Lipinski definition) is 0. The van der Waals surface area contributed by atoms with E-state index in [9.17, 15) is 0 Å². The van der Waals surface area contributed by atoms with Crippen molar-refractivity contribution in [2.45, 2.75) is 12.0 Å². The lowest BCUT2D eigenvalue weighted by Gasteiger charge is -2.34. The number of ether oxygens (including phenoxy) is 1. The summed E-state index contributed by atoms with van der Waals surface area (Å²) in [6.07, 6.45) is 5.03. The quantitative estimate of drug-likeness (QED) is 0.736. The molecule has 0 bridgehead atoms. The molecule has 1 aliphatic heterocycles. The molecule has 0 fully saturated rings. The van der Waals surface area contributed by atoms with Crippen LogP contribution in [0.25, 0.3) is 11.1 Å². The van der Waals surface area contributed by atoms with Crippen molar-refractivity contribution >= 4 is 0 Å². The molecule has 2 aliphatic rings. The molecule has 0 saturated heterocycles. The van der Waals surface area contributed by atoms with E-state index in [0.29, 0.717) is 6.61 Å². The minimum atomic E-state index is -0.306. The van der Waals surface area contributed by atoms with Crippen LogP contribution in [0.3, 0.4) is 0 Å². The third-order valence-corrected chi connectivity index (χ3v) is 4.41. The van der Waals surface area contributed by atoms with Crippen molar-refractivity contribution < 1.29 is 4.74 Å². The summed E-state index contributed by atoms with van der Waals surface area (Å²) < 4.78 is 6.34. The lowest BCUT2D eigenvalue weighted by atomic mass is 9.85. The fourth-order valence-corrected chi connectivity index (χ4v) is 3.40. The van der Waals surface area contributed by atoms with Crippen molar-refractivity contribution in [2.24, 2.45) is 0 Å². The highest BCUT2D eigenvalue weighted by atomic mass is 16.5. The van der Waals surface area contributed by atoms with E-state index in [-0.39, 0.29) is 5.60 Å². The van der Waals surface area contributed by atoms with Crippen molar-refractivity contribution in [2.75, 3.05) is 6.61 Å². The Hall–Kier alpha value is -2.12. The van der Waals surface area contributed by atoms with Crippen LogP contribution in [0.5, 0.6) is 0 Å². The van der Waals surface area contributed by atoms with Crippen molar-refractivity contribution in [3.8, 4) is 11.1 Å². The Morgan fingerprint density at radius 3 is 2.05 bits per heavy atom. The third-order valence-electron chi connectivity index (χ3n) is 4.41. The van der Waals surface area contributed by atoms with Gasteiger partial charge in [0.15, 0.2) is 0 Å². The highest BCUT2D eigenvalue weighted by Crippen LogP contribution is 2.52. The van der Waals surface area contributed by atoms with E-state index in [1.807, 2.05) is 6.08 Å². The number of fused-ring (bicyclic) bond motifs is 5. The van der Waals surface area contributed by atoms with Crippen LogP contribution in [0, 0.1) is 0 Å². The highest BCUT2D eigenvalue weighted by molar-refractivity contribution is 5.80. The Morgan fingerprint density at radius 2 is 1.55 bits per heavy atom. The standard InChI is InChI=1S/C19H16O/c1-2-14-11-12-19(20-13-14)17-9-5-3-7-15(17)16-8-4-6-10-18(16)19/h2-11H,1,12-13H2. The summed E-state index contributed by atoms with van der Waals surface area (Å²) in [6, 6.07) is 17.2. The molecule has 0 amide bonds. The summed E-state index contributed by atoms with van der Waals surface area (Å²) in [7, 11) is 0. The maximum Gasteiger partial charge on any atom is 0.123 e. The number of rotatable bonds is 1. The van der Waals surface area contributed by atoms with Crippen molar-refractivity contribution in [3.05, 3.63) is 84.0 Å². The van der Waals surface area contributed by atoms with E-state index in [1.54, 1.807) is 0 Å². The second-order valence-corrected chi connectivity index (χ2v) is 5.39. The molecule has 0 atom stereocenters. The lowest BCUT2D eigenvalue weighted by Crippen LogP contribution is -2.32. The monoisotopic (exact) mass is 260 g/mol. The van der Waals surface area contributed by atoms with E-state index < -0.39 is 0 Å². The first kappa shape index (κ1) is 11.7. The fourth-order valence-electron chi connectivity index (χ4n) is 3.40. The summed E-state index contributed by atoms with van der Waals surface area (Å²) in [5, 5.41) is 0. The van der Waals surface area contributed by atoms with Crippen LogP contribution in [-0.4, -0.2) is 6.61 Å². The van der Waals surface area contributed by atoms with Crippen LogP contribution in [-0.2, 0) is 10.3 Å². The first-order chi connectivity index (χ1) is 9.85. The zero-order valence-corrected chi connectivity index (χ0v) is 11.3. The van der Waals surface area contributed by atoms with Gasteiger partial charge in [-0.05, 0) is 27.8 Å². The Labute approximate surface area is 119 Å².